The summed E-state index contributed by atoms with van der Waals surface area (Å²) in [5.74, 6) is -1.08. The molecule has 0 atom stereocenters. The highest BCUT2D eigenvalue weighted by Crippen LogP contribution is 2.13. The Morgan fingerprint density at radius 3 is 2.30 bits per heavy atom. The second-order valence-electron chi connectivity index (χ2n) is 7.51. The van der Waals surface area contributed by atoms with Crippen LogP contribution in [0.3, 0.4) is 0 Å². The maximum absolute atomic E-state index is 12.5. The molecule has 2 rings (SSSR count). The molecule has 0 unspecified atom stereocenters. The van der Waals surface area contributed by atoms with Gasteiger partial charge in [0.15, 0.2) is 0 Å². The average molecular weight is 414 g/mol. The minimum absolute atomic E-state index is 0.0112. The number of carbonyl (C=O) groups excluding carboxylic acids is 3. The Balaban J connectivity index is 2.05. The first-order chi connectivity index (χ1) is 14.2. The fourth-order valence-electron chi connectivity index (χ4n) is 2.39. The zero-order chi connectivity index (χ0) is 22.1. The van der Waals surface area contributed by atoms with E-state index in [1.807, 2.05) is 30.3 Å². The molecule has 160 valence electrons. The molecule has 2 aromatic rings. The van der Waals surface area contributed by atoms with Gasteiger partial charge in [-0.05, 0) is 38.5 Å². The van der Waals surface area contributed by atoms with Gasteiger partial charge in [0, 0.05) is 6.20 Å². The Labute approximate surface area is 175 Å². The van der Waals surface area contributed by atoms with Crippen LogP contribution in [0.5, 0.6) is 0 Å². The van der Waals surface area contributed by atoms with E-state index in [2.05, 4.69) is 9.72 Å². The summed E-state index contributed by atoms with van der Waals surface area (Å²) in [7, 11) is 1.24. The van der Waals surface area contributed by atoms with Gasteiger partial charge in [0.2, 0.25) is 0 Å². The molecule has 0 aliphatic carbocycles. The van der Waals surface area contributed by atoms with E-state index in [0.717, 1.165) is 5.56 Å². The number of ether oxygens (including phenoxy) is 3. The Morgan fingerprint density at radius 1 is 1.03 bits per heavy atom. The van der Waals surface area contributed by atoms with Crippen molar-refractivity contribution in [1.29, 1.82) is 0 Å². The fourth-order valence-corrected chi connectivity index (χ4v) is 2.39. The molecule has 0 aliphatic rings. The molecule has 0 fully saturated rings. The summed E-state index contributed by atoms with van der Waals surface area (Å²) in [5, 5.41) is 0. The van der Waals surface area contributed by atoms with Gasteiger partial charge in [-0.2, -0.15) is 0 Å². The highest BCUT2D eigenvalue weighted by molar-refractivity contribution is 5.89. The van der Waals surface area contributed by atoms with E-state index >= 15 is 0 Å². The van der Waals surface area contributed by atoms with Crippen molar-refractivity contribution in [2.24, 2.45) is 0 Å². The number of benzene rings is 1. The van der Waals surface area contributed by atoms with Crippen LogP contribution in [-0.4, -0.2) is 47.2 Å². The summed E-state index contributed by atoms with van der Waals surface area (Å²) in [5.41, 5.74) is 0.974. The Morgan fingerprint density at radius 2 is 1.73 bits per heavy atom. The minimum atomic E-state index is -0.678. The molecule has 0 radical (unpaired) electrons. The number of hydrogen-bond acceptors (Lipinski definition) is 7. The lowest BCUT2D eigenvalue weighted by atomic mass is 10.2. The second-order valence-corrected chi connectivity index (χ2v) is 7.51. The molecule has 1 heterocycles. The van der Waals surface area contributed by atoms with E-state index in [0.29, 0.717) is 11.3 Å². The fraction of sp³-hybridized carbons (Fsp3) is 0.364. The first-order valence-electron chi connectivity index (χ1n) is 9.38. The standard InChI is InChI=1S/C22H26N2O6/c1-22(2,3)30-20(26)17-10-11-18(23-12-17)13-24(14-19(25)28-4)21(27)29-15-16-8-6-5-7-9-16/h5-12H,13-15H2,1-4H3. The Kier molecular flexibility index (Phi) is 7.91. The highest BCUT2D eigenvalue weighted by atomic mass is 16.6. The molecular formula is C22H26N2O6. The van der Waals surface area contributed by atoms with Gasteiger partial charge in [-0.1, -0.05) is 30.3 Å². The van der Waals surface area contributed by atoms with E-state index in [9.17, 15) is 14.4 Å². The van der Waals surface area contributed by atoms with Crippen LogP contribution in [0.1, 0.15) is 42.4 Å². The maximum atomic E-state index is 12.5. The zero-order valence-corrected chi connectivity index (χ0v) is 17.6. The summed E-state index contributed by atoms with van der Waals surface area (Å²) in [6, 6.07) is 12.3. The van der Waals surface area contributed by atoms with Crippen molar-refractivity contribution in [1.82, 2.24) is 9.88 Å². The van der Waals surface area contributed by atoms with E-state index < -0.39 is 23.6 Å². The first kappa shape index (κ1) is 22.9. The summed E-state index contributed by atoms with van der Waals surface area (Å²) in [6.07, 6.45) is 0.692. The molecule has 1 amide bonds. The molecule has 0 spiro atoms. The van der Waals surface area contributed by atoms with Gasteiger partial charge in [-0.25, -0.2) is 9.59 Å². The van der Waals surface area contributed by atoms with Gasteiger partial charge in [0.05, 0.1) is 24.9 Å². The van der Waals surface area contributed by atoms with Crippen molar-refractivity contribution < 1.29 is 28.6 Å². The van der Waals surface area contributed by atoms with Gasteiger partial charge in [-0.15, -0.1) is 0 Å². The van der Waals surface area contributed by atoms with Crippen LogP contribution < -0.4 is 0 Å². The van der Waals surface area contributed by atoms with E-state index in [1.165, 1.54) is 18.2 Å². The van der Waals surface area contributed by atoms with E-state index in [1.54, 1.807) is 32.9 Å². The van der Waals surface area contributed by atoms with Gasteiger partial charge in [0.1, 0.15) is 18.8 Å². The summed E-state index contributed by atoms with van der Waals surface area (Å²) < 4.78 is 15.3. The third-order valence-electron chi connectivity index (χ3n) is 3.82. The number of pyridine rings is 1. The number of hydrogen-bond donors (Lipinski definition) is 0. The van der Waals surface area contributed by atoms with Crippen LogP contribution in [0.15, 0.2) is 48.7 Å². The van der Waals surface area contributed by atoms with Crippen molar-refractivity contribution >= 4 is 18.0 Å². The van der Waals surface area contributed by atoms with Gasteiger partial charge >= 0.3 is 18.0 Å². The van der Waals surface area contributed by atoms with Crippen LogP contribution in [-0.2, 0) is 32.2 Å². The molecule has 0 N–H and O–H groups in total. The topological polar surface area (TPSA) is 95.0 Å². The average Bonchev–Trinajstić information content (AvgIpc) is 2.71. The number of carbonyl (C=O) groups is 3. The van der Waals surface area contributed by atoms with Gasteiger partial charge in [-0.3, -0.25) is 14.7 Å². The molecule has 8 heteroatoms. The predicted molar refractivity (Wildman–Crippen MR) is 108 cm³/mol. The third-order valence-corrected chi connectivity index (χ3v) is 3.82. The summed E-state index contributed by atoms with van der Waals surface area (Å²) in [6.45, 7) is 5.12. The normalized spacial score (nSPS) is 10.8. The van der Waals surface area contributed by atoms with Crippen molar-refractivity contribution in [3.63, 3.8) is 0 Å². The SMILES string of the molecule is COC(=O)CN(Cc1ccc(C(=O)OC(C)(C)C)cn1)C(=O)OCc1ccccc1. The number of nitrogens with zero attached hydrogens (tertiary/aromatic N) is 2. The van der Waals surface area contributed by atoms with Crippen LogP contribution in [0, 0.1) is 0 Å². The monoisotopic (exact) mass is 414 g/mol. The lowest BCUT2D eigenvalue weighted by Crippen LogP contribution is -2.36. The van der Waals surface area contributed by atoms with Crippen molar-refractivity contribution in [3.8, 4) is 0 Å². The van der Waals surface area contributed by atoms with Crippen LogP contribution in [0.4, 0.5) is 4.79 Å². The molecule has 0 bridgehead atoms. The molecular weight excluding hydrogens is 388 g/mol. The molecule has 30 heavy (non-hydrogen) atoms. The number of aromatic nitrogens is 1. The number of rotatable bonds is 7. The molecule has 0 saturated heterocycles. The Hall–Kier alpha value is -3.42. The van der Waals surface area contributed by atoms with Gasteiger partial charge in [0.25, 0.3) is 0 Å². The van der Waals surface area contributed by atoms with Crippen LogP contribution >= 0.6 is 0 Å². The second kappa shape index (κ2) is 10.4. The van der Waals surface area contributed by atoms with Crippen LogP contribution in [0.2, 0.25) is 0 Å². The quantitative estimate of drug-likeness (QED) is 0.506. The zero-order valence-electron chi connectivity index (χ0n) is 17.6. The van der Waals surface area contributed by atoms with Crippen molar-refractivity contribution in [2.45, 2.75) is 39.5 Å². The Bertz CT molecular complexity index is 859. The summed E-state index contributed by atoms with van der Waals surface area (Å²) >= 11 is 0. The number of methoxy groups -OCH3 is 1. The smallest absolute Gasteiger partial charge is 0.410 e. The maximum Gasteiger partial charge on any atom is 0.410 e. The predicted octanol–water partition coefficient (Wildman–Crippen LogP) is 3.35. The largest absolute Gasteiger partial charge is 0.468 e. The van der Waals surface area contributed by atoms with Crippen molar-refractivity contribution in [3.05, 3.63) is 65.5 Å². The molecule has 1 aromatic heterocycles. The lowest BCUT2D eigenvalue weighted by molar-refractivity contribution is -0.141. The minimum Gasteiger partial charge on any atom is -0.468 e. The molecule has 1 aromatic carbocycles. The molecule has 8 nitrogen and oxygen atoms in total. The third kappa shape index (κ3) is 7.54. The first-order valence-corrected chi connectivity index (χ1v) is 9.38. The van der Waals surface area contributed by atoms with Gasteiger partial charge < -0.3 is 14.2 Å². The van der Waals surface area contributed by atoms with Crippen molar-refractivity contribution in [2.75, 3.05) is 13.7 Å². The number of amides is 1. The highest BCUT2D eigenvalue weighted by Gasteiger charge is 2.21. The lowest BCUT2D eigenvalue weighted by Gasteiger charge is -2.21. The molecule has 0 aliphatic heterocycles. The van der Waals surface area contributed by atoms with Crippen LogP contribution in [0.25, 0.3) is 0 Å². The number of esters is 2. The van der Waals surface area contributed by atoms with E-state index in [4.69, 9.17) is 9.47 Å². The summed E-state index contributed by atoms with van der Waals surface area (Å²) in [4.78, 5) is 41.7. The molecule has 0 saturated carbocycles. The van der Waals surface area contributed by atoms with E-state index in [-0.39, 0.29) is 19.7 Å².